The normalized spacial score (nSPS) is 12.3. The van der Waals surface area contributed by atoms with E-state index in [0.29, 0.717) is 13.0 Å². The Bertz CT molecular complexity index is 285. The summed E-state index contributed by atoms with van der Waals surface area (Å²) in [6, 6.07) is 0. The van der Waals surface area contributed by atoms with E-state index >= 15 is 0 Å². The zero-order valence-electron chi connectivity index (χ0n) is 17.0. The minimum Gasteiger partial charge on any atom is -0.395 e. The minimum atomic E-state index is -0.0124. The van der Waals surface area contributed by atoms with E-state index in [2.05, 4.69) is 17.6 Å². The molecule has 1 atom stereocenters. The number of amides is 1. The third kappa shape index (κ3) is 18.0. The van der Waals surface area contributed by atoms with Crippen molar-refractivity contribution in [3.63, 3.8) is 0 Å². The lowest BCUT2D eigenvalue weighted by atomic mass is 10.0. The van der Waals surface area contributed by atoms with Crippen LogP contribution in [-0.4, -0.2) is 30.3 Å². The van der Waals surface area contributed by atoms with Crippen LogP contribution in [0.2, 0.25) is 0 Å². The van der Waals surface area contributed by atoms with Crippen LogP contribution in [0.5, 0.6) is 0 Å². The average Bonchev–Trinajstić information content (AvgIpc) is 2.62. The summed E-state index contributed by atoms with van der Waals surface area (Å²) in [7, 11) is 0. The maximum absolute atomic E-state index is 11.9. The molecule has 0 heterocycles. The molecule has 0 saturated carbocycles. The second-order valence-corrected chi connectivity index (χ2v) is 7.20. The van der Waals surface area contributed by atoms with Crippen LogP contribution in [0.1, 0.15) is 110 Å². The number of hydrogen-bond donors (Lipinski definition) is 3. The van der Waals surface area contributed by atoms with Crippen LogP contribution in [0.25, 0.3) is 0 Å². The molecule has 0 aliphatic carbocycles. The van der Waals surface area contributed by atoms with Crippen molar-refractivity contribution in [1.82, 2.24) is 10.6 Å². The van der Waals surface area contributed by atoms with Gasteiger partial charge in [0, 0.05) is 13.0 Å². The molecule has 0 aromatic carbocycles. The summed E-state index contributed by atoms with van der Waals surface area (Å²) < 4.78 is 0. The van der Waals surface area contributed by atoms with Gasteiger partial charge < -0.3 is 10.4 Å². The smallest absolute Gasteiger partial charge is 0.221 e. The zero-order chi connectivity index (χ0) is 18.6. The van der Waals surface area contributed by atoms with Crippen molar-refractivity contribution in [3.05, 3.63) is 0 Å². The molecule has 0 bridgehead atoms. The van der Waals surface area contributed by atoms with E-state index in [1.165, 1.54) is 70.6 Å². The molecule has 150 valence electrons. The minimum absolute atomic E-state index is 0.0124. The van der Waals surface area contributed by atoms with Gasteiger partial charge in [-0.15, -0.1) is 0 Å². The number of carbonyl (C=O) groups is 1. The first-order chi connectivity index (χ1) is 12.2. The van der Waals surface area contributed by atoms with E-state index < -0.39 is 0 Å². The number of aliphatic hydroxyl groups is 1. The second-order valence-electron chi connectivity index (χ2n) is 7.20. The molecule has 3 N–H and O–H groups in total. The Balaban J connectivity index is 3.30. The van der Waals surface area contributed by atoms with Gasteiger partial charge in [0.25, 0.3) is 0 Å². The largest absolute Gasteiger partial charge is 0.395 e. The highest BCUT2D eigenvalue weighted by Gasteiger charge is 2.08. The van der Waals surface area contributed by atoms with Crippen molar-refractivity contribution in [2.45, 2.75) is 116 Å². The SMILES string of the molecule is CCCCCCCCCCCCCCCC(=O)NC(CC)NCCO. The van der Waals surface area contributed by atoms with E-state index in [1.807, 2.05) is 6.92 Å². The maximum Gasteiger partial charge on any atom is 0.221 e. The Kier molecular flexibility index (Phi) is 19.2. The fourth-order valence-corrected chi connectivity index (χ4v) is 3.11. The summed E-state index contributed by atoms with van der Waals surface area (Å²) in [5.41, 5.74) is 0. The van der Waals surface area contributed by atoms with Crippen molar-refractivity contribution >= 4 is 5.91 Å². The quantitative estimate of drug-likeness (QED) is 0.228. The lowest BCUT2D eigenvalue weighted by Crippen LogP contribution is -2.45. The Morgan fingerprint density at radius 1 is 0.800 bits per heavy atom. The molecule has 0 aromatic heterocycles. The van der Waals surface area contributed by atoms with Gasteiger partial charge in [0.05, 0.1) is 12.8 Å². The summed E-state index contributed by atoms with van der Waals surface area (Å²) in [6.45, 7) is 4.92. The van der Waals surface area contributed by atoms with Gasteiger partial charge in [0.15, 0.2) is 0 Å². The topological polar surface area (TPSA) is 61.4 Å². The molecule has 0 saturated heterocycles. The third-order valence-electron chi connectivity index (χ3n) is 4.75. The van der Waals surface area contributed by atoms with Crippen LogP contribution >= 0.6 is 0 Å². The number of aliphatic hydroxyl groups excluding tert-OH is 1. The summed E-state index contributed by atoms with van der Waals surface area (Å²) in [6.07, 6.45) is 18.7. The van der Waals surface area contributed by atoms with Crippen LogP contribution in [0, 0.1) is 0 Å². The van der Waals surface area contributed by atoms with Gasteiger partial charge in [-0.1, -0.05) is 90.9 Å². The molecule has 4 nitrogen and oxygen atoms in total. The van der Waals surface area contributed by atoms with E-state index in [0.717, 1.165) is 19.3 Å². The molecule has 0 aliphatic rings. The average molecular weight is 357 g/mol. The van der Waals surface area contributed by atoms with Crippen molar-refractivity contribution < 1.29 is 9.90 Å². The van der Waals surface area contributed by atoms with Crippen LogP contribution in [0.15, 0.2) is 0 Å². The number of unbranched alkanes of at least 4 members (excludes halogenated alkanes) is 12. The lowest BCUT2D eigenvalue weighted by Gasteiger charge is -2.18. The Hall–Kier alpha value is -0.610. The molecule has 0 radical (unpaired) electrons. The summed E-state index contributed by atoms with van der Waals surface area (Å²) in [5, 5.41) is 14.9. The Labute approximate surface area is 156 Å². The van der Waals surface area contributed by atoms with Crippen molar-refractivity contribution in [1.29, 1.82) is 0 Å². The molecule has 0 spiro atoms. The van der Waals surface area contributed by atoms with Gasteiger partial charge in [-0.2, -0.15) is 0 Å². The standard InChI is InChI=1S/C21H44N2O2/c1-3-5-6-7-8-9-10-11-12-13-14-15-16-17-21(25)23-20(4-2)22-18-19-24/h20,22,24H,3-19H2,1-2H3,(H,23,25). The van der Waals surface area contributed by atoms with Crippen molar-refractivity contribution in [2.24, 2.45) is 0 Å². The molecule has 1 unspecified atom stereocenters. The second kappa shape index (κ2) is 19.7. The number of nitrogens with one attached hydrogen (secondary N) is 2. The summed E-state index contributed by atoms with van der Waals surface area (Å²) in [4.78, 5) is 11.9. The van der Waals surface area contributed by atoms with Crippen LogP contribution in [-0.2, 0) is 4.79 Å². The van der Waals surface area contributed by atoms with Crippen LogP contribution < -0.4 is 10.6 Å². The first-order valence-electron chi connectivity index (χ1n) is 10.9. The van der Waals surface area contributed by atoms with Gasteiger partial charge in [0.1, 0.15) is 0 Å². The van der Waals surface area contributed by atoms with Crippen LogP contribution in [0.3, 0.4) is 0 Å². The van der Waals surface area contributed by atoms with Crippen molar-refractivity contribution in [2.75, 3.05) is 13.2 Å². The summed E-state index contributed by atoms with van der Waals surface area (Å²) in [5.74, 6) is 0.125. The van der Waals surface area contributed by atoms with Gasteiger partial charge >= 0.3 is 0 Å². The molecule has 25 heavy (non-hydrogen) atoms. The van der Waals surface area contributed by atoms with Gasteiger partial charge in [0.2, 0.25) is 5.91 Å². The maximum atomic E-state index is 11.9. The first-order valence-corrected chi connectivity index (χ1v) is 10.9. The van der Waals surface area contributed by atoms with E-state index in [9.17, 15) is 4.79 Å². The molecule has 0 aliphatic heterocycles. The summed E-state index contributed by atoms with van der Waals surface area (Å²) >= 11 is 0. The van der Waals surface area contributed by atoms with E-state index in [-0.39, 0.29) is 18.7 Å². The highest BCUT2D eigenvalue weighted by Crippen LogP contribution is 2.12. The van der Waals surface area contributed by atoms with E-state index in [4.69, 9.17) is 5.11 Å². The molecule has 1 amide bonds. The Morgan fingerprint density at radius 3 is 1.72 bits per heavy atom. The Morgan fingerprint density at radius 2 is 1.28 bits per heavy atom. The molecule has 4 heteroatoms. The molecule has 0 rings (SSSR count). The van der Waals surface area contributed by atoms with Gasteiger partial charge in [-0.3, -0.25) is 10.1 Å². The number of rotatable bonds is 19. The van der Waals surface area contributed by atoms with Gasteiger partial charge in [-0.25, -0.2) is 0 Å². The number of carbonyl (C=O) groups excluding carboxylic acids is 1. The number of hydrogen-bond acceptors (Lipinski definition) is 3. The monoisotopic (exact) mass is 356 g/mol. The van der Waals surface area contributed by atoms with Gasteiger partial charge in [-0.05, 0) is 12.8 Å². The molecular weight excluding hydrogens is 312 g/mol. The third-order valence-corrected chi connectivity index (χ3v) is 4.75. The zero-order valence-corrected chi connectivity index (χ0v) is 17.0. The van der Waals surface area contributed by atoms with Crippen molar-refractivity contribution in [3.8, 4) is 0 Å². The molecule has 0 aromatic rings. The molecule has 0 fully saturated rings. The van der Waals surface area contributed by atoms with Crippen LogP contribution in [0.4, 0.5) is 0 Å². The first kappa shape index (κ1) is 24.4. The highest BCUT2D eigenvalue weighted by atomic mass is 16.3. The van der Waals surface area contributed by atoms with E-state index in [1.54, 1.807) is 0 Å². The predicted molar refractivity (Wildman–Crippen MR) is 108 cm³/mol. The highest BCUT2D eigenvalue weighted by molar-refractivity contribution is 5.76. The predicted octanol–water partition coefficient (Wildman–Crippen LogP) is 4.90. The fourth-order valence-electron chi connectivity index (χ4n) is 3.11. The molecular formula is C21H44N2O2. The fraction of sp³-hybridized carbons (Fsp3) is 0.952. The lowest BCUT2D eigenvalue weighted by molar-refractivity contribution is -0.122.